The summed E-state index contributed by atoms with van der Waals surface area (Å²) in [5, 5.41) is 0. The quantitative estimate of drug-likeness (QED) is 0.430. The molecule has 0 aliphatic rings. The van der Waals surface area contributed by atoms with Gasteiger partial charge in [-0.05, 0) is 42.0 Å². The minimum absolute atomic E-state index is 0.0709. The van der Waals surface area contributed by atoms with Gasteiger partial charge in [-0.2, -0.15) is 0 Å². The van der Waals surface area contributed by atoms with E-state index < -0.39 is 5.97 Å². The minimum atomic E-state index is -0.534. The summed E-state index contributed by atoms with van der Waals surface area (Å²) < 4.78 is 34.1. The van der Waals surface area contributed by atoms with Crippen molar-refractivity contribution in [3.8, 4) is 22.8 Å². The molecule has 0 radical (unpaired) electrons. The van der Waals surface area contributed by atoms with Crippen LogP contribution in [0.15, 0.2) is 53.1 Å². The van der Waals surface area contributed by atoms with Crippen LogP contribution in [0.5, 0.6) is 11.5 Å². The number of amides is 1. The molecule has 1 aromatic heterocycles. The van der Waals surface area contributed by atoms with Crippen molar-refractivity contribution in [3.05, 3.63) is 65.9 Å². The second-order valence-corrected chi connectivity index (χ2v) is 7.17. The summed E-state index contributed by atoms with van der Waals surface area (Å²) in [6.07, 6.45) is 1.84. The summed E-state index contributed by atoms with van der Waals surface area (Å²) in [7, 11) is 4.34. The van der Waals surface area contributed by atoms with E-state index in [1.807, 2.05) is 0 Å². The number of ether oxygens (including phenoxy) is 3. The molecule has 1 amide bonds. The summed E-state index contributed by atoms with van der Waals surface area (Å²) in [5.74, 6) is 0.835. The maximum absolute atomic E-state index is 13.1. The van der Waals surface area contributed by atoms with Crippen LogP contribution in [0.4, 0.5) is 4.39 Å². The average molecular weight is 456 g/mol. The van der Waals surface area contributed by atoms with E-state index >= 15 is 0 Å². The van der Waals surface area contributed by atoms with Gasteiger partial charge in [-0.1, -0.05) is 0 Å². The number of hydrogen-bond donors (Lipinski definition) is 0. The number of carbonyl (C=O) groups is 2. The molecule has 33 heavy (non-hydrogen) atoms. The lowest BCUT2D eigenvalue weighted by molar-refractivity contribution is -0.147. The molecule has 0 N–H and O–H groups in total. The first-order valence-corrected chi connectivity index (χ1v) is 10.2. The zero-order valence-corrected chi connectivity index (χ0v) is 18.7. The predicted molar refractivity (Wildman–Crippen MR) is 117 cm³/mol. The van der Waals surface area contributed by atoms with Gasteiger partial charge in [-0.15, -0.1) is 0 Å². The van der Waals surface area contributed by atoms with Crippen LogP contribution in [0.3, 0.4) is 0 Å². The molecule has 0 saturated carbocycles. The molecule has 0 unspecified atom stereocenters. The Balaban J connectivity index is 1.69. The van der Waals surface area contributed by atoms with Crippen LogP contribution in [-0.2, 0) is 27.3 Å². The van der Waals surface area contributed by atoms with Crippen LogP contribution in [0.25, 0.3) is 11.3 Å². The minimum Gasteiger partial charge on any atom is -0.497 e. The maximum atomic E-state index is 13.1. The van der Waals surface area contributed by atoms with Gasteiger partial charge >= 0.3 is 5.97 Å². The summed E-state index contributed by atoms with van der Waals surface area (Å²) in [5.41, 5.74) is 1.42. The molecule has 8 nitrogen and oxygen atoms in total. The van der Waals surface area contributed by atoms with Gasteiger partial charge in [0.15, 0.2) is 11.7 Å². The lowest BCUT2D eigenvalue weighted by Crippen LogP contribution is -2.36. The second kappa shape index (κ2) is 11.1. The highest BCUT2D eigenvalue weighted by Crippen LogP contribution is 2.24. The molecule has 0 saturated heterocycles. The third-order valence-corrected chi connectivity index (χ3v) is 4.92. The largest absolute Gasteiger partial charge is 0.497 e. The number of benzene rings is 2. The first kappa shape index (κ1) is 23.8. The Morgan fingerprint density at radius 3 is 2.30 bits per heavy atom. The highest BCUT2D eigenvalue weighted by atomic mass is 19.1. The van der Waals surface area contributed by atoms with Crippen LogP contribution >= 0.6 is 0 Å². The van der Waals surface area contributed by atoms with Crippen molar-refractivity contribution in [1.29, 1.82) is 0 Å². The van der Waals surface area contributed by atoms with Crippen molar-refractivity contribution >= 4 is 11.9 Å². The van der Waals surface area contributed by atoms with E-state index in [9.17, 15) is 14.0 Å². The zero-order valence-electron chi connectivity index (χ0n) is 18.7. The van der Waals surface area contributed by atoms with Crippen molar-refractivity contribution in [2.45, 2.75) is 19.4 Å². The third kappa shape index (κ3) is 6.55. The Kier molecular flexibility index (Phi) is 8.01. The fourth-order valence-electron chi connectivity index (χ4n) is 3.18. The number of rotatable bonds is 10. The SMILES string of the molecule is COC(=O)CN(Cc1cc(OC)cc(OC)c1)C(=O)CCc1ncc(-c2ccc(F)cc2)o1. The van der Waals surface area contributed by atoms with Crippen molar-refractivity contribution in [2.75, 3.05) is 27.9 Å². The molecule has 3 aromatic rings. The third-order valence-electron chi connectivity index (χ3n) is 4.92. The number of esters is 1. The van der Waals surface area contributed by atoms with Crippen LogP contribution < -0.4 is 9.47 Å². The number of aryl methyl sites for hydroxylation is 1. The van der Waals surface area contributed by atoms with Gasteiger partial charge in [0.25, 0.3) is 0 Å². The van der Waals surface area contributed by atoms with E-state index in [-0.39, 0.29) is 37.7 Å². The van der Waals surface area contributed by atoms with Gasteiger partial charge in [-0.3, -0.25) is 9.59 Å². The van der Waals surface area contributed by atoms with E-state index in [1.165, 1.54) is 44.6 Å². The number of methoxy groups -OCH3 is 3. The topological polar surface area (TPSA) is 91.1 Å². The van der Waals surface area contributed by atoms with Gasteiger partial charge < -0.3 is 23.5 Å². The molecular weight excluding hydrogens is 431 g/mol. The molecule has 0 bridgehead atoms. The van der Waals surface area contributed by atoms with Crippen LogP contribution in [0.2, 0.25) is 0 Å². The molecule has 174 valence electrons. The second-order valence-electron chi connectivity index (χ2n) is 7.17. The lowest BCUT2D eigenvalue weighted by atomic mass is 10.1. The summed E-state index contributed by atoms with van der Waals surface area (Å²) in [4.78, 5) is 30.4. The summed E-state index contributed by atoms with van der Waals surface area (Å²) in [6, 6.07) is 11.1. The number of halogens is 1. The van der Waals surface area contributed by atoms with Gasteiger partial charge in [0.1, 0.15) is 23.9 Å². The highest BCUT2D eigenvalue weighted by Gasteiger charge is 2.20. The Morgan fingerprint density at radius 1 is 1.03 bits per heavy atom. The Bertz CT molecular complexity index is 1070. The molecule has 3 rings (SSSR count). The van der Waals surface area contributed by atoms with E-state index in [4.69, 9.17) is 18.6 Å². The number of hydrogen-bond acceptors (Lipinski definition) is 7. The van der Waals surface area contributed by atoms with E-state index in [2.05, 4.69) is 4.98 Å². The molecule has 0 aliphatic carbocycles. The Labute approximate surface area is 190 Å². The lowest BCUT2D eigenvalue weighted by Gasteiger charge is -2.22. The fraction of sp³-hybridized carbons (Fsp3) is 0.292. The molecule has 2 aromatic carbocycles. The average Bonchev–Trinajstić information content (AvgIpc) is 3.31. The molecule has 0 atom stereocenters. The number of oxazole rings is 1. The number of nitrogens with zero attached hydrogens (tertiary/aromatic N) is 2. The molecular formula is C24H25FN2O6. The molecule has 0 fully saturated rings. The van der Waals surface area contributed by atoms with Gasteiger partial charge in [0.05, 0.1) is 27.5 Å². The van der Waals surface area contributed by atoms with Gasteiger partial charge in [0, 0.05) is 31.0 Å². The fourth-order valence-corrected chi connectivity index (χ4v) is 3.18. The van der Waals surface area contributed by atoms with E-state index in [0.29, 0.717) is 28.7 Å². The van der Waals surface area contributed by atoms with Crippen molar-refractivity contribution in [2.24, 2.45) is 0 Å². The van der Waals surface area contributed by atoms with Gasteiger partial charge in [0.2, 0.25) is 5.91 Å². The normalized spacial score (nSPS) is 10.5. The van der Waals surface area contributed by atoms with E-state index in [0.717, 1.165) is 5.56 Å². The predicted octanol–water partition coefficient (Wildman–Crippen LogP) is 3.63. The zero-order chi connectivity index (χ0) is 23.8. The smallest absolute Gasteiger partial charge is 0.325 e. The van der Waals surface area contributed by atoms with Crippen molar-refractivity contribution in [1.82, 2.24) is 9.88 Å². The first-order chi connectivity index (χ1) is 15.9. The Hall–Kier alpha value is -3.88. The van der Waals surface area contributed by atoms with Gasteiger partial charge in [-0.25, -0.2) is 9.37 Å². The van der Waals surface area contributed by atoms with Crippen LogP contribution in [0.1, 0.15) is 17.9 Å². The van der Waals surface area contributed by atoms with Crippen LogP contribution in [-0.4, -0.2) is 49.6 Å². The summed E-state index contributed by atoms with van der Waals surface area (Å²) in [6.45, 7) is -0.0465. The molecule has 0 aliphatic heterocycles. The van der Waals surface area contributed by atoms with Crippen molar-refractivity contribution < 1.29 is 32.6 Å². The van der Waals surface area contributed by atoms with E-state index in [1.54, 1.807) is 30.3 Å². The molecule has 0 spiro atoms. The number of carbonyl (C=O) groups excluding carboxylic acids is 2. The molecule has 9 heteroatoms. The monoisotopic (exact) mass is 456 g/mol. The Morgan fingerprint density at radius 2 is 1.70 bits per heavy atom. The first-order valence-electron chi connectivity index (χ1n) is 10.2. The number of aromatic nitrogens is 1. The van der Waals surface area contributed by atoms with Crippen molar-refractivity contribution in [3.63, 3.8) is 0 Å². The summed E-state index contributed by atoms with van der Waals surface area (Å²) >= 11 is 0. The molecule has 1 heterocycles. The standard InChI is InChI=1S/C24H25FN2O6/c1-30-19-10-16(11-20(12-19)31-2)14-27(15-24(29)32-3)23(28)9-8-22-26-13-21(33-22)17-4-6-18(25)7-5-17/h4-7,10-13H,8-9,14-15H2,1-3H3. The highest BCUT2D eigenvalue weighted by molar-refractivity contribution is 5.82. The maximum Gasteiger partial charge on any atom is 0.325 e. The van der Waals surface area contributed by atoms with Crippen LogP contribution in [0, 0.1) is 5.82 Å².